The van der Waals surface area contributed by atoms with Crippen molar-refractivity contribution in [2.75, 3.05) is 13.1 Å². The molecular weight excluding hydrogens is 276 g/mol. The standard InChI is InChI=1S/C12H16N6O3/c19-9(2-5-18-8-13-7-14-18)17-4-1-3-12(6-17)10(20)15-11(21)16-12/h7-8H,1-6H2,(H2,15,16,20,21). The summed E-state index contributed by atoms with van der Waals surface area (Å²) >= 11 is 0. The lowest BCUT2D eigenvalue weighted by atomic mass is 9.89. The van der Waals surface area contributed by atoms with Crippen molar-refractivity contribution in [2.45, 2.75) is 31.3 Å². The van der Waals surface area contributed by atoms with E-state index < -0.39 is 11.6 Å². The number of carbonyl (C=O) groups is 3. The summed E-state index contributed by atoms with van der Waals surface area (Å²) in [5.74, 6) is -0.403. The summed E-state index contributed by atoms with van der Waals surface area (Å²) in [4.78, 5) is 40.9. The predicted octanol–water partition coefficient (Wildman–Crippen LogP) is -1.13. The van der Waals surface area contributed by atoms with Crippen LogP contribution in [0.2, 0.25) is 0 Å². The number of carbonyl (C=O) groups excluding carboxylic acids is 3. The second kappa shape index (κ2) is 5.15. The minimum atomic E-state index is -0.960. The van der Waals surface area contributed by atoms with Gasteiger partial charge in [0.15, 0.2) is 0 Å². The van der Waals surface area contributed by atoms with E-state index in [-0.39, 0.29) is 24.8 Å². The smallest absolute Gasteiger partial charge is 0.322 e. The Balaban J connectivity index is 1.62. The highest BCUT2D eigenvalue weighted by Gasteiger charge is 2.49. The molecule has 0 saturated carbocycles. The average molecular weight is 292 g/mol. The molecule has 0 aliphatic carbocycles. The molecule has 9 heteroatoms. The van der Waals surface area contributed by atoms with Crippen LogP contribution in [0.3, 0.4) is 0 Å². The number of hydrogen-bond donors (Lipinski definition) is 2. The Morgan fingerprint density at radius 2 is 2.29 bits per heavy atom. The fraction of sp³-hybridized carbons (Fsp3) is 0.583. The van der Waals surface area contributed by atoms with Gasteiger partial charge in [0.2, 0.25) is 5.91 Å². The van der Waals surface area contributed by atoms with Crippen LogP contribution in [0.5, 0.6) is 0 Å². The van der Waals surface area contributed by atoms with Crippen molar-refractivity contribution in [1.82, 2.24) is 30.3 Å². The van der Waals surface area contributed by atoms with Crippen LogP contribution in [0.25, 0.3) is 0 Å². The molecule has 1 spiro atoms. The van der Waals surface area contributed by atoms with Crippen LogP contribution in [-0.4, -0.2) is 56.1 Å². The first-order valence-electron chi connectivity index (χ1n) is 6.83. The Kier molecular flexibility index (Phi) is 3.32. The summed E-state index contributed by atoms with van der Waals surface area (Å²) in [7, 11) is 0. The van der Waals surface area contributed by atoms with Gasteiger partial charge in [-0.25, -0.2) is 9.78 Å². The fourth-order valence-electron chi connectivity index (χ4n) is 2.80. The highest BCUT2D eigenvalue weighted by Crippen LogP contribution is 2.24. The van der Waals surface area contributed by atoms with Crippen molar-refractivity contribution in [1.29, 1.82) is 0 Å². The summed E-state index contributed by atoms with van der Waals surface area (Å²) in [6.07, 6.45) is 4.49. The molecule has 0 bridgehead atoms. The second-order valence-electron chi connectivity index (χ2n) is 5.32. The Bertz CT molecular complexity index is 572. The number of amides is 4. The van der Waals surface area contributed by atoms with E-state index in [1.54, 1.807) is 15.9 Å². The first-order valence-corrected chi connectivity index (χ1v) is 6.83. The highest BCUT2D eigenvalue weighted by molar-refractivity contribution is 6.07. The maximum Gasteiger partial charge on any atom is 0.322 e. The van der Waals surface area contributed by atoms with E-state index in [1.165, 1.54) is 6.33 Å². The lowest BCUT2D eigenvalue weighted by molar-refractivity contribution is -0.136. The van der Waals surface area contributed by atoms with Gasteiger partial charge in [0.25, 0.3) is 5.91 Å². The molecule has 3 rings (SSSR count). The largest absolute Gasteiger partial charge is 0.340 e. The molecule has 2 aliphatic heterocycles. The zero-order chi connectivity index (χ0) is 14.9. The van der Waals surface area contributed by atoms with E-state index in [9.17, 15) is 14.4 Å². The van der Waals surface area contributed by atoms with Crippen molar-refractivity contribution < 1.29 is 14.4 Å². The summed E-state index contributed by atoms with van der Waals surface area (Å²) in [6, 6.07) is -0.489. The molecule has 1 aromatic rings. The van der Waals surface area contributed by atoms with Crippen molar-refractivity contribution in [3.63, 3.8) is 0 Å². The maximum atomic E-state index is 12.2. The monoisotopic (exact) mass is 292 g/mol. The van der Waals surface area contributed by atoms with E-state index in [1.807, 2.05) is 0 Å². The molecule has 2 fully saturated rings. The molecule has 0 radical (unpaired) electrons. The Morgan fingerprint density at radius 3 is 2.95 bits per heavy atom. The van der Waals surface area contributed by atoms with Gasteiger partial charge in [-0.3, -0.25) is 19.6 Å². The number of nitrogens with one attached hydrogen (secondary N) is 2. The molecule has 0 aromatic carbocycles. The van der Waals surface area contributed by atoms with E-state index in [0.29, 0.717) is 25.9 Å². The van der Waals surface area contributed by atoms with E-state index >= 15 is 0 Å². The first-order chi connectivity index (χ1) is 10.1. The molecule has 112 valence electrons. The lowest BCUT2D eigenvalue weighted by Gasteiger charge is -2.38. The van der Waals surface area contributed by atoms with Crippen molar-refractivity contribution >= 4 is 17.8 Å². The average Bonchev–Trinajstić information content (AvgIpc) is 3.06. The second-order valence-corrected chi connectivity index (χ2v) is 5.32. The van der Waals surface area contributed by atoms with Crippen LogP contribution in [0.4, 0.5) is 4.79 Å². The third-order valence-electron chi connectivity index (χ3n) is 3.88. The maximum absolute atomic E-state index is 12.2. The number of nitrogens with zero attached hydrogens (tertiary/aromatic N) is 4. The van der Waals surface area contributed by atoms with Crippen LogP contribution >= 0.6 is 0 Å². The minimum Gasteiger partial charge on any atom is -0.340 e. The quantitative estimate of drug-likeness (QED) is 0.685. The Morgan fingerprint density at radius 1 is 1.43 bits per heavy atom. The number of aryl methyl sites for hydroxylation is 1. The number of aromatic nitrogens is 3. The highest BCUT2D eigenvalue weighted by atomic mass is 16.2. The third-order valence-corrected chi connectivity index (χ3v) is 3.88. The van der Waals surface area contributed by atoms with Gasteiger partial charge in [-0.1, -0.05) is 0 Å². The molecule has 9 nitrogen and oxygen atoms in total. The molecule has 1 atom stereocenters. The minimum absolute atomic E-state index is 0.0569. The zero-order valence-corrected chi connectivity index (χ0v) is 11.4. The molecule has 1 aromatic heterocycles. The molecule has 1 unspecified atom stereocenters. The van der Waals surface area contributed by atoms with Crippen molar-refractivity contribution in [3.05, 3.63) is 12.7 Å². The number of urea groups is 1. The number of likely N-dealkylation sites (tertiary alicyclic amines) is 1. The summed E-state index contributed by atoms with van der Waals surface area (Å²) in [6.45, 7) is 1.27. The zero-order valence-electron chi connectivity index (χ0n) is 11.4. The molecule has 3 heterocycles. The van der Waals surface area contributed by atoms with Crippen LogP contribution < -0.4 is 10.6 Å². The van der Waals surface area contributed by atoms with Gasteiger partial charge in [-0.05, 0) is 12.8 Å². The van der Waals surface area contributed by atoms with Gasteiger partial charge < -0.3 is 10.2 Å². The topological polar surface area (TPSA) is 109 Å². The van der Waals surface area contributed by atoms with Gasteiger partial charge >= 0.3 is 6.03 Å². The van der Waals surface area contributed by atoms with Crippen molar-refractivity contribution in [3.8, 4) is 0 Å². The molecule has 2 aliphatic rings. The van der Waals surface area contributed by atoms with Crippen LogP contribution in [0.1, 0.15) is 19.3 Å². The van der Waals surface area contributed by atoms with Gasteiger partial charge in [-0.15, -0.1) is 0 Å². The molecule has 2 saturated heterocycles. The Hall–Kier alpha value is -2.45. The van der Waals surface area contributed by atoms with Crippen molar-refractivity contribution in [2.24, 2.45) is 0 Å². The van der Waals surface area contributed by atoms with Gasteiger partial charge in [0.1, 0.15) is 18.2 Å². The number of hydrogen-bond acceptors (Lipinski definition) is 5. The van der Waals surface area contributed by atoms with Gasteiger partial charge in [-0.2, -0.15) is 5.10 Å². The van der Waals surface area contributed by atoms with E-state index in [0.717, 1.165) is 0 Å². The fourth-order valence-corrected chi connectivity index (χ4v) is 2.80. The third kappa shape index (κ3) is 2.58. The number of rotatable bonds is 3. The van der Waals surface area contributed by atoms with E-state index in [4.69, 9.17) is 0 Å². The van der Waals surface area contributed by atoms with Gasteiger partial charge in [0.05, 0.1) is 13.1 Å². The molecule has 21 heavy (non-hydrogen) atoms. The molecule has 4 amide bonds. The predicted molar refractivity (Wildman–Crippen MR) is 69.9 cm³/mol. The number of imide groups is 1. The molecule has 2 N–H and O–H groups in total. The van der Waals surface area contributed by atoms with Crippen LogP contribution in [0.15, 0.2) is 12.7 Å². The molecular formula is C12H16N6O3. The summed E-state index contributed by atoms with van der Waals surface area (Å²) in [5.41, 5.74) is -0.960. The number of piperidine rings is 1. The van der Waals surface area contributed by atoms with E-state index in [2.05, 4.69) is 20.7 Å². The first kappa shape index (κ1) is 13.5. The Labute approximate surface area is 120 Å². The van der Waals surface area contributed by atoms with Gasteiger partial charge in [0, 0.05) is 13.0 Å². The van der Waals surface area contributed by atoms with Crippen LogP contribution in [0, 0.1) is 0 Å². The van der Waals surface area contributed by atoms with Crippen LogP contribution in [-0.2, 0) is 16.1 Å². The SMILES string of the molecule is O=C1NC(=O)C2(CCCN(C(=O)CCn3cncn3)C2)N1. The summed E-state index contributed by atoms with van der Waals surface area (Å²) in [5, 5.41) is 8.83. The summed E-state index contributed by atoms with van der Waals surface area (Å²) < 4.78 is 1.58. The lowest BCUT2D eigenvalue weighted by Crippen LogP contribution is -2.59. The normalized spacial score (nSPS) is 25.0.